The first kappa shape index (κ1) is 7.41. The second-order valence-electron chi connectivity index (χ2n) is 5.82. The minimum atomic E-state index is 0.796. The molecule has 3 saturated carbocycles. The van der Waals surface area contributed by atoms with Gasteiger partial charge in [-0.25, -0.2) is 0 Å². The third-order valence-corrected chi connectivity index (χ3v) is 5.67. The predicted octanol–water partition coefficient (Wildman–Crippen LogP) is 3.61. The molecule has 0 aliphatic heterocycles. The molecule has 1 spiro atoms. The second-order valence-corrected chi connectivity index (χ2v) is 5.82. The molecule has 12 heavy (non-hydrogen) atoms. The molecular formula is C12H20. The fourth-order valence-electron chi connectivity index (χ4n) is 4.93. The van der Waals surface area contributed by atoms with Crippen LogP contribution in [-0.2, 0) is 0 Å². The van der Waals surface area contributed by atoms with Gasteiger partial charge in [0.25, 0.3) is 0 Å². The zero-order valence-electron chi connectivity index (χ0n) is 8.40. The monoisotopic (exact) mass is 164 g/mol. The van der Waals surface area contributed by atoms with E-state index in [2.05, 4.69) is 13.8 Å². The molecule has 2 bridgehead atoms. The van der Waals surface area contributed by atoms with Gasteiger partial charge < -0.3 is 0 Å². The van der Waals surface area contributed by atoms with Gasteiger partial charge in [0.2, 0.25) is 0 Å². The summed E-state index contributed by atoms with van der Waals surface area (Å²) in [5.41, 5.74) is 1.66. The van der Waals surface area contributed by atoms with Gasteiger partial charge in [0.15, 0.2) is 0 Å². The maximum Gasteiger partial charge on any atom is -0.0235 e. The Hall–Kier alpha value is 0. The van der Waals surface area contributed by atoms with E-state index in [4.69, 9.17) is 0 Å². The average Bonchev–Trinajstić information content (AvgIpc) is 2.52. The third-order valence-electron chi connectivity index (χ3n) is 5.67. The van der Waals surface area contributed by atoms with E-state index in [-0.39, 0.29) is 0 Å². The standard InChI is InChI=1S/C12H20/c1-3-10-8-12-5-4-9(7-12)6-11(10,12)2/h9-10H,3-8H2,1-2H3. The lowest BCUT2D eigenvalue weighted by Gasteiger charge is -2.61. The van der Waals surface area contributed by atoms with Crippen LogP contribution in [0.15, 0.2) is 0 Å². The van der Waals surface area contributed by atoms with E-state index in [1.165, 1.54) is 6.42 Å². The smallest absolute Gasteiger partial charge is 0.0235 e. The van der Waals surface area contributed by atoms with Crippen molar-refractivity contribution in [1.29, 1.82) is 0 Å². The first-order valence-electron chi connectivity index (χ1n) is 5.70. The number of hydrogen-bond acceptors (Lipinski definition) is 0. The molecule has 0 saturated heterocycles. The summed E-state index contributed by atoms with van der Waals surface area (Å²) < 4.78 is 0. The van der Waals surface area contributed by atoms with Crippen LogP contribution in [0.2, 0.25) is 0 Å². The normalized spacial score (nSPS) is 61.5. The Morgan fingerprint density at radius 3 is 2.67 bits per heavy atom. The Bertz CT molecular complexity index is 220. The van der Waals surface area contributed by atoms with Gasteiger partial charge in [0.05, 0.1) is 0 Å². The molecule has 4 atom stereocenters. The van der Waals surface area contributed by atoms with Crippen LogP contribution in [0.5, 0.6) is 0 Å². The van der Waals surface area contributed by atoms with Crippen molar-refractivity contribution in [3.8, 4) is 0 Å². The van der Waals surface area contributed by atoms with Gasteiger partial charge in [-0.3, -0.25) is 0 Å². The molecule has 0 heteroatoms. The first-order chi connectivity index (χ1) is 5.70. The molecule has 4 unspecified atom stereocenters. The second kappa shape index (κ2) is 1.91. The number of hydrogen-bond donors (Lipinski definition) is 0. The van der Waals surface area contributed by atoms with Gasteiger partial charge in [-0.05, 0) is 54.8 Å². The maximum absolute atomic E-state index is 2.59. The molecule has 0 aromatic rings. The van der Waals surface area contributed by atoms with Gasteiger partial charge in [-0.2, -0.15) is 0 Å². The molecule has 3 aliphatic rings. The number of fused-ring (bicyclic) bond motifs is 1. The van der Waals surface area contributed by atoms with Crippen LogP contribution in [0.25, 0.3) is 0 Å². The highest BCUT2D eigenvalue weighted by atomic mass is 14.7. The molecular weight excluding hydrogens is 144 g/mol. The molecule has 0 aromatic heterocycles. The van der Waals surface area contributed by atoms with Gasteiger partial charge in [-0.1, -0.05) is 20.3 Å². The van der Waals surface area contributed by atoms with Crippen LogP contribution in [-0.4, -0.2) is 0 Å². The zero-order chi connectivity index (χ0) is 8.40. The molecule has 3 fully saturated rings. The first-order valence-corrected chi connectivity index (χ1v) is 5.70. The van der Waals surface area contributed by atoms with Crippen LogP contribution in [0.3, 0.4) is 0 Å². The zero-order valence-corrected chi connectivity index (χ0v) is 8.40. The van der Waals surface area contributed by atoms with Crippen molar-refractivity contribution >= 4 is 0 Å². The Kier molecular flexibility index (Phi) is 1.18. The summed E-state index contributed by atoms with van der Waals surface area (Å²) >= 11 is 0. The molecule has 68 valence electrons. The van der Waals surface area contributed by atoms with Crippen molar-refractivity contribution in [3.63, 3.8) is 0 Å². The van der Waals surface area contributed by atoms with Gasteiger partial charge >= 0.3 is 0 Å². The van der Waals surface area contributed by atoms with Gasteiger partial charge in [-0.15, -0.1) is 0 Å². The lowest BCUT2D eigenvalue weighted by atomic mass is 9.44. The van der Waals surface area contributed by atoms with Crippen molar-refractivity contribution < 1.29 is 0 Å². The summed E-state index contributed by atoms with van der Waals surface area (Å²) in [5.74, 6) is 2.22. The predicted molar refractivity (Wildman–Crippen MR) is 50.9 cm³/mol. The molecule has 0 amide bonds. The summed E-state index contributed by atoms with van der Waals surface area (Å²) in [7, 11) is 0. The fraction of sp³-hybridized carbons (Fsp3) is 1.00. The van der Waals surface area contributed by atoms with E-state index in [9.17, 15) is 0 Å². The summed E-state index contributed by atoms with van der Waals surface area (Å²) in [4.78, 5) is 0. The quantitative estimate of drug-likeness (QED) is 0.555. The Balaban J connectivity index is 1.94. The van der Waals surface area contributed by atoms with Gasteiger partial charge in [0.1, 0.15) is 0 Å². The summed E-state index contributed by atoms with van der Waals surface area (Å²) in [5, 5.41) is 0. The van der Waals surface area contributed by atoms with Crippen LogP contribution in [0.1, 0.15) is 52.4 Å². The van der Waals surface area contributed by atoms with Gasteiger partial charge in [0, 0.05) is 0 Å². The van der Waals surface area contributed by atoms with Crippen molar-refractivity contribution in [2.24, 2.45) is 22.7 Å². The van der Waals surface area contributed by atoms with E-state index in [1.807, 2.05) is 0 Å². The van der Waals surface area contributed by atoms with E-state index >= 15 is 0 Å². The molecule has 0 aromatic carbocycles. The molecule has 3 rings (SSSR count). The molecule has 0 N–H and O–H groups in total. The molecule has 0 radical (unpaired) electrons. The van der Waals surface area contributed by atoms with E-state index in [0.29, 0.717) is 0 Å². The maximum atomic E-state index is 2.59. The van der Waals surface area contributed by atoms with Crippen molar-refractivity contribution in [3.05, 3.63) is 0 Å². The minimum Gasteiger partial charge on any atom is -0.0651 e. The van der Waals surface area contributed by atoms with Crippen LogP contribution in [0.4, 0.5) is 0 Å². The van der Waals surface area contributed by atoms with Crippen LogP contribution >= 0.6 is 0 Å². The summed E-state index contributed by atoms with van der Waals surface area (Å²) in [6, 6.07) is 0. The summed E-state index contributed by atoms with van der Waals surface area (Å²) in [6.07, 6.45) is 9.32. The topological polar surface area (TPSA) is 0 Å². The highest BCUT2D eigenvalue weighted by Crippen LogP contribution is 2.77. The number of rotatable bonds is 1. The fourth-order valence-corrected chi connectivity index (χ4v) is 4.93. The minimum absolute atomic E-state index is 0.796. The van der Waals surface area contributed by atoms with Crippen molar-refractivity contribution in [1.82, 2.24) is 0 Å². The molecule has 3 aliphatic carbocycles. The lowest BCUT2D eigenvalue weighted by Crippen LogP contribution is -2.53. The van der Waals surface area contributed by atoms with Crippen molar-refractivity contribution in [2.75, 3.05) is 0 Å². The Labute approximate surface area is 75.7 Å². The SMILES string of the molecule is CCC1CC23CCC(C2)CC13C. The Morgan fingerprint density at radius 1 is 1.25 bits per heavy atom. The lowest BCUT2D eigenvalue weighted by molar-refractivity contribution is -0.117. The Morgan fingerprint density at radius 2 is 2.08 bits per heavy atom. The van der Waals surface area contributed by atoms with Crippen LogP contribution in [0, 0.1) is 22.7 Å². The van der Waals surface area contributed by atoms with Crippen LogP contribution < -0.4 is 0 Å². The van der Waals surface area contributed by atoms with E-state index < -0.39 is 0 Å². The van der Waals surface area contributed by atoms with Crippen molar-refractivity contribution in [2.45, 2.75) is 52.4 Å². The third kappa shape index (κ3) is 0.561. The largest absolute Gasteiger partial charge is 0.0651 e. The van der Waals surface area contributed by atoms with E-state index in [0.717, 1.165) is 22.7 Å². The van der Waals surface area contributed by atoms with E-state index in [1.54, 1.807) is 32.1 Å². The highest BCUT2D eigenvalue weighted by Gasteiger charge is 2.68. The average molecular weight is 164 g/mol. The summed E-state index contributed by atoms with van der Waals surface area (Å²) in [6.45, 7) is 4.97. The molecule has 0 heterocycles. The highest BCUT2D eigenvalue weighted by molar-refractivity contribution is 5.17. The molecule has 0 nitrogen and oxygen atoms in total.